The summed E-state index contributed by atoms with van der Waals surface area (Å²) in [7, 11) is 0. The number of hydrogen-bond acceptors (Lipinski definition) is 5. The van der Waals surface area contributed by atoms with Gasteiger partial charge in [0.1, 0.15) is 12.7 Å². The Morgan fingerprint density at radius 1 is 0.976 bits per heavy atom. The largest absolute Gasteiger partial charge is 0.448 e. The van der Waals surface area contributed by atoms with Gasteiger partial charge in [0.15, 0.2) is 11.6 Å². The van der Waals surface area contributed by atoms with E-state index in [2.05, 4.69) is 47.6 Å². The van der Waals surface area contributed by atoms with Crippen molar-refractivity contribution in [2.45, 2.75) is 106 Å². The topological polar surface area (TPSA) is 87.5 Å². The Morgan fingerprint density at radius 2 is 1.66 bits per heavy atom. The lowest BCUT2D eigenvalue weighted by atomic mass is 9.32. The maximum atomic E-state index is 14.8. The summed E-state index contributed by atoms with van der Waals surface area (Å²) in [6.45, 7) is 18.9. The van der Waals surface area contributed by atoms with Crippen molar-refractivity contribution >= 4 is 17.7 Å². The molecular weight excluding hydrogens is 512 g/mol. The number of nitrogens with zero attached hydrogens (tertiary/aromatic N) is 2. The number of carbonyl (C=O) groups excluding carboxylic acids is 3. The molecule has 0 bridgehead atoms. The molecule has 4 fully saturated rings. The van der Waals surface area contributed by atoms with E-state index in [0.717, 1.165) is 44.9 Å². The van der Waals surface area contributed by atoms with Gasteiger partial charge in [-0.15, -0.1) is 0 Å². The van der Waals surface area contributed by atoms with Crippen LogP contribution in [0.15, 0.2) is 23.3 Å². The third-order valence-electron chi connectivity index (χ3n) is 14.4. The van der Waals surface area contributed by atoms with E-state index < -0.39 is 10.8 Å². The van der Waals surface area contributed by atoms with Crippen LogP contribution in [0.4, 0.5) is 4.79 Å². The van der Waals surface area contributed by atoms with Crippen LogP contribution in [-0.2, 0) is 14.3 Å². The third-order valence-corrected chi connectivity index (χ3v) is 14.4. The fourth-order valence-corrected chi connectivity index (χ4v) is 11.3. The third kappa shape index (κ3) is 3.38. The Morgan fingerprint density at radius 3 is 2.29 bits per heavy atom. The van der Waals surface area contributed by atoms with Crippen LogP contribution < -0.4 is 0 Å². The van der Waals surface area contributed by atoms with E-state index in [4.69, 9.17) is 4.74 Å². The SMILES string of the molecule is C[C@@H]1C=C(C#N)C(=O)C(C)(C)[C@@H]2CC[C@]3(C)C(=CC(=O)[C@]4(C)[C@@H]5C[C@@](C)(N6CCOC6=O)CC[C@]5(C)CC[C@@]34C)C12. The second-order valence-electron chi connectivity index (χ2n) is 16.3. The zero-order valence-electron chi connectivity index (χ0n) is 26.4. The minimum Gasteiger partial charge on any atom is -0.448 e. The Hall–Kier alpha value is -2.42. The van der Waals surface area contributed by atoms with E-state index in [1.165, 1.54) is 5.57 Å². The standard InChI is InChI=1S/C35H48N2O4/c1-21-17-22(20-36)28(39)30(2,3)23-9-10-33(6)24(27(21)23)18-26(38)35(8)25-19-32(5,37-15-16-41-29(37)40)13-11-31(25,4)12-14-34(33,35)7/h17-18,21,23,25,27H,9-16,19H2,1-8H3/t21-,23-,25-,27?,31-,32+,33-,34+,35+/m1/s1. The fraction of sp³-hybridized carbons (Fsp3) is 0.771. The van der Waals surface area contributed by atoms with Gasteiger partial charge in [-0.1, -0.05) is 60.1 Å². The van der Waals surface area contributed by atoms with E-state index in [9.17, 15) is 19.6 Å². The lowest BCUT2D eigenvalue weighted by molar-refractivity contribution is -0.202. The molecule has 1 aliphatic heterocycles. The minimum atomic E-state index is -0.662. The lowest BCUT2D eigenvalue weighted by Gasteiger charge is -2.72. The van der Waals surface area contributed by atoms with Gasteiger partial charge in [0.05, 0.1) is 12.1 Å². The molecule has 1 saturated heterocycles. The highest BCUT2D eigenvalue weighted by atomic mass is 16.6. The Labute approximate surface area is 245 Å². The Balaban J connectivity index is 1.48. The fourth-order valence-electron chi connectivity index (χ4n) is 11.3. The molecule has 0 aromatic carbocycles. The van der Waals surface area contributed by atoms with E-state index in [1.807, 2.05) is 30.9 Å². The van der Waals surface area contributed by atoms with Crippen molar-refractivity contribution in [2.75, 3.05) is 13.2 Å². The quantitative estimate of drug-likeness (QED) is 0.343. The number of allylic oxidation sites excluding steroid dienone is 4. The lowest BCUT2D eigenvalue weighted by Crippen LogP contribution is -2.69. The van der Waals surface area contributed by atoms with E-state index in [0.29, 0.717) is 13.2 Å². The summed E-state index contributed by atoms with van der Waals surface area (Å²) in [6, 6.07) is 2.20. The van der Waals surface area contributed by atoms with Crippen molar-refractivity contribution in [3.05, 3.63) is 23.3 Å². The summed E-state index contributed by atoms with van der Waals surface area (Å²) in [5.74, 6) is 0.447. The van der Waals surface area contributed by atoms with Crippen LogP contribution in [0.2, 0.25) is 0 Å². The Kier molecular flexibility index (Phi) is 6.00. The molecule has 0 N–H and O–H groups in total. The van der Waals surface area contributed by atoms with Gasteiger partial charge in [0.25, 0.3) is 0 Å². The minimum absolute atomic E-state index is 0.0000126. The molecule has 6 heteroatoms. The second kappa shape index (κ2) is 8.57. The first kappa shape index (κ1) is 28.7. The molecule has 1 unspecified atom stereocenters. The zero-order valence-corrected chi connectivity index (χ0v) is 26.4. The van der Waals surface area contributed by atoms with Crippen LogP contribution in [0, 0.1) is 62.1 Å². The molecule has 0 aromatic heterocycles. The number of ether oxygens (including phenoxy) is 1. The van der Waals surface area contributed by atoms with Crippen LogP contribution in [0.3, 0.4) is 0 Å². The van der Waals surface area contributed by atoms with Crippen LogP contribution in [0.25, 0.3) is 0 Å². The molecule has 3 saturated carbocycles. The summed E-state index contributed by atoms with van der Waals surface area (Å²) in [5, 5.41) is 9.86. The molecule has 1 heterocycles. The normalized spacial score (nSPS) is 48.9. The van der Waals surface area contributed by atoms with Crippen molar-refractivity contribution in [3.63, 3.8) is 0 Å². The van der Waals surface area contributed by atoms with Gasteiger partial charge in [-0.05, 0) is 97.9 Å². The maximum Gasteiger partial charge on any atom is 0.410 e. The molecule has 6 rings (SSSR count). The van der Waals surface area contributed by atoms with Crippen LogP contribution in [0.1, 0.15) is 100 Å². The molecule has 222 valence electrons. The van der Waals surface area contributed by atoms with Gasteiger partial charge in [-0.25, -0.2) is 4.79 Å². The van der Waals surface area contributed by atoms with Gasteiger partial charge >= 0.3 is 6.09 Å². The highest BCUT2D eigenvalue weighted by Crippen LogP contribution is 2.76. The molecule has 6 aliphatic rings. The summed E-state index contributed by atoms with van der Waals surface area (Å²) in [4.78, 5) is 43.0. The number of cyclic esters (lactones) is 1. The van der Waals surface area contributed by atoms with Crippen molar-refractivity contribution in [3.8, 4) is 6.07 Å². The molecular formula is C35H48N2O4. The molecule has 41 heavy (non-hydrogen) atoms. The van der Waals surface area contributed by atoms with Crippen molar-refractivity contribution < 1.29 is 19.1 Å². The van der Waals surface area contributed by atoms with E-state index in [-0.39, 0.29) is 68.7 Å². The Bertz CT molecular complexity index is 1340. The van der Waals surface area contributed by atoms with E-state index >= 15 is 0 Å². The van der Waals surface area contributed by atoms with Crippen molar-refractivity contribution in [2.24, 2.45) is 50.7 Å². The van der Waals surface area contributed by atoms with Gasteiger partial charge in [-0.2, -0.15) is 5.26 Å². The van der Waals surface area contributed by atoms with Crippen molar-refractivity contribution in [1.82, 2.24) is 4.90 Å². The van der Waals surface area contributed by atoms with Crippen molar-refractivity contribution in [1.29, 1.82) is 5.26 Å². The first-order chi connectivity index (χ1) is 19.0. The molecule has 0 radical (unpaired) electrons. The number of Topliss-reactive ketones (excluding diaryl/α,β-unsaturated/α-hetero) is 1. The summed E-state index contributed by atoms with van der Waals surface area (Å²) < 4.78 is 5.38. The number of fused-ring (bicyclic) bond motifs is 7. The highest BCUT2D eigenvalue weighted by molar-refractivity contribution is 6.03. The van der Waals surface area contributed by atoms with Crippen LogP contribution >= 0.6 is 0 Å². The maximum absolute atomic E-state index is 14.8. The van der Waals surface area contributed by atoms with Gasteiger partial charge in [0, 0.05) is 16.4 Å². The van der Waals surface area contributed by atoms with Crippen LogP contribution in [-0.4, -0.2) is 41.3 Å². The highest BCUT2D eigenvalue weighted by Gasteiger charge is 2.72. The monoisotopic (exact) mass is 560 g/mol. The zero-order chi connectivity index (χ0) is 30.0. The molecule has 0 spiro atoms. The number of hydrogen-bond donors (Lipinski definition) is 0. The average Bonchev–Trinajstić information content (AvgIpc) is 3.34. The molecule has 0 aromatic rings. The number of rotatable bonds is 1. The first-order valence-corrected chi connectivity index (χ1v) is 15.9. The van der Waals surface area contributed by atoms with Crippen LogP contribution in [0.5, 0.6) is 0 Å². The first-order valence-electron chi connectivity index (χ1n) is 15.9. The van der Waals surface area contributed by atoms with Gasteiger partial charge < -0.3 is 4.74 Å². The smallest absolute Gasteiger partial charge is 0.410 e. The predicted octanol–water partition coefficient (Wildman–Crippen LogP) is 7.05. The van der Waals surface area contributed by atoms with Gasteiger partial charge in [0.2, 0.25) is 0 Å². The summed E-state index contributed by atoms with van der Waals surface area (Å²) >= 11 is 0. The predicted molar refractivity (Wildman–Crippen MR) is 156 cm³/mol. The van der Waals surface area contributed by atoms with E-state index in [1.54, 1.807) is 0 Å². The molecule has 1 amide bonds. The summed E-state index contributed by atoms with van der Waals surface area (Å²) in [6.07, 6.45) is 10.4. The number of amides is 1. The average molecular weight is 561 g/mol. The number of nitriles is 1. The van der Waals surface area contributed by atoms with Gasteiger partial charge in [-0.3, -0.25) is 14.5 Å². The molecule has 9 atom stereocenters. The second-order valence-corrected chi connectivity index (χ2v) is 16.3. The summed E-state index contributed by atoms with van der Waals surface area (Å²) in [5.41, 5.74) is -0.478. The number of carbonyl (C=O) groups is 3. The number of ketones is 2. The molecule has 5 aliphatic carbocycles. The molecule has 6 nitrogen and oxygen atoms in total.